The van der Waals surface area contributed by atoms with Gasteiger partial charge in [0.05, 0.1) is 12.2 Å². The van der Waals surface area contributed by atoms with Crippen LogP contribution in [0.15, 0.2) is 48.7 Å². The third-order valence-corrected chi connectivity index (χ3v) is 5.88. The Hall–Kier alpha value is -2.52. The molecule has 0 saturated heterocycles. The summed E-state index contributed by atoms with van der Waals surface area (Å²) in [6.45, 7) is 2.08. The van der Waals surface area contributed by atoms with Crippen LogP contribution in [0.3, 0.4) is 0 Å². The SMILES string of the molecule is CO[C@H]1C=C[C@](CNC(=O)c2sc3nc(-c4ccccc4)cn3c2C)(OC)O1. The summed E-state index contributed by atoms with van der Waals surface area (Å²) in [6.07, 6.45) is 4.98. The fraction of sp³-hybridized carbons (Fsp3) is 0.300. The molecule has 2 aromatic heterocycles. The molecule has 1 N–H and O–H groups in total. The molecule has 1 aromatic carbocycles. The van der Waals surface area contributed by atoms with E-state index < -0.39 is 12.1 Å². The van der Waals surface area contributed by atoms with Gasteiger partial charge >= 0.3 is 0 Å². The van der Waals surface area contributed by atoms with E-state index in [0.717, 1.165) is 21.9 Å². The number of hydrogen-bond donors (Lipinski definition) is 1. The Kier molecular flexibility index (Phi) is 5.03. The third kappa shape index (κ3) is 3.35. The van der Waals surface area contributed by atoms with Gasteiger partial charge in [0.2, 0.25) is 5.79 Å². The Morgan fingerprint density at radius 1 is 1.36 bits per heavy atom. The smallest absolute Gasteiger partial charge is 0.263 e. The number of fused-ring (bicyclic) bond motifs is 1. The Morgan fingerprint density at radius 3 is 2.79 bits per heavy atom. The molecule has 1 amide bonds. The molecule has 146 valence electrons. The first kappa shape index (κ1) is 18.8. The number of aryl methyl sites for hydroxylation is 1. The maximum absolute atomic E-state index is 12.7. The van der Waals surface area contributed by atoms with Gasteiger partial charge in [0, 0.05) is 31.7 Å². The van der Waals surface area contributed by atoms with Gasteiger partial charge in [0.15, 0.2) is 11.3 Å². The first-order valence-electron chi connectivity index (χ1n) is 8.82. The van der Waals surface area contributed by atoms with Crippen molar-refractivity contribution in [1.82, 2.24) is 14.7 Å². The highest BCUT2D eigenvalue weighted by Gasteiger charge is 2.36. The number of thiazole rings is 1. The van der Waals surface area contributed by atoms with Crippen molar-refractivity contribution < 1.29 is 19.0 Å². The average Bonchev–Trinajstić information content (AvgIpc) is 3.42. The molecule has 1 aliphatic rings. The first-order valence-corrected chi connectivity index (χ1v) is 9.64. The Balaban J connectivity index is 1.51. The van der Waals surface area contributed by atoms with Gasteiger partial charge in [0.25, 0.3) is 5.91 Å². The van der Waals surface area contributed by atoms with Crippen LogP contribution >= 0.6 is 11.3 Å². The second-order valence-corrected chi connectivity index (χ2v) is 7.42. The molecule has 1 aliphatic heterocycles. The van der Waals surface area contributed by atoms with Crippen molar-refractivity contribution in [3.63, 3.8) is 0 Å². The quantitative estimate of drug-likeness (QED) is 0.645. The zero-order valence-electron chi connectivity index (χ0n) is 15.8. The standard InChI is InChI=1S/C20H21N3O4S/c1-13-17(18(24)21-12-20(26-3)10-9-16(25-2)27-20)28-19-22-15(11-23(13)19)14-7-5-4-6-8-14/h4-11,16H,12H2,1-3H3,(H,21,24)/t16-,20+/m1/s1. The molecule has 3 heterocycles. The molecule has 3 aromatic rings. The lowest BCUT2D eigenvalue weighted by Gasteiger charge is -2.27. The van der Waals surface area contributed by atoms with E-state index in [4.69, 9.17) is 14.2 Å². The van der Waals surface area contributed by atoms with E-state index in [1.807, 2.05) is 47.9 Å². The topological polar surface area (TPSA) is 74.1 Å². The van der Waals surface area contributed by atoms with Crippen LogP contribution in [-0.4, -0.2) is 48.1 Å². The first-order chi connectivity index (χ1) is 13.5. The summed E-state index contributed by atoms with van der Waals surface area (Å²) in [4.78, 5) is 18.8. The minimum Gasteiger partial charge on any atom is -0.352 e. The molecule has 0 radical (unpaired) electrons. The lowest BCUT2D eigenvalue weighted by molar-refractivity contribution is -0.238. The number of carbonyl (C=O) groups is 1. The second-order valence-electron chi connectivity index (χ2n) is 6.44. The molecule has 0 saturated carbocycles. The van der Waals surface area contributed by atoms with Crippen molar-refractivity contribution in [1.29, 1.82) is 0 Å². The summed E-state index contributed by atoms with van der Waals surface area (Å²) < 4.78 is 18.2. The summed E-state index contributed by atoms with van der Waals surface area (Å²) >= 11 is 1.36. The van der Waals surface area contributed by atoms with Gasteiger partial charge in [-0.15, -0.1) is 0 Å². The minimum absolute atomic E-state index is 0.174. The van der Waals surface area contributed by atoms with Crippen molar-refractivity contribution in [3.05, 3.63) is 59.3 Å². The van der Waals surface area contributed by atoms with E-state index >= 15 is 0 Å². The summed E-state index contributed by atoms with van der Waals surface area (Å²) in [5.74, 6) is -1.22. The van der Waals surface area contributed by atoms with Gasteiger partial charge in [-0.3, -0.25) is 9.20 Å². The van der Waals surface area contributed by atoms with Gasteiger partial charge in [0.1, 0.15) is 4.88 Å². The molecular formula is C20H21N3O4S. The Labute approximate surface area is 166 Å². The summed E-state index contributed by atoms with van der Waals surface area (Å²) in [6, 6.07) is 9.96. The van der Waals surface area contributed by atoms with Crippen LogP contribution in [0.5, 0.6) is 0 Å². The van der Waals surface area contributed by atoms with E-state index in [-0.39, 0.29) is 12.5 Å². The van der Waals surface area contributed by atoms with Crippen LogP contribution in [0.4, 0.5) is 0 Å². The molecule has 7 nitrogen and oxygen atoms in total. The largest absolute Gasteiger partial charge is 0.352 e. The van der Waals surface area contributed by atoms with Crippen LogP contribution in [0.2, 0.25) is 0 Å². The summed E-state index contributed by atoms with van der Waals surface area (Å²) in [5.41, 5.74) is 2.77. The molecule has 8 heteroatoms. The average molecular weight is 399 g/mol. The maximum atomic E-state index is 12.7. The number of benzene rings is 1. The van der Waals surface area contributed by atoms with E-state index in [9.17, 15) is 4.79 Å². The fourth-order valence-electron chi connectivity index (χ4n) is 3.11. The second kappa shape index (κ2) is 7.48. The number of hydrogen-bond acceptors (Lipinski definition) is 6. The van der Waals surface area contributed by atoms with Crippen LogP contribution in [0.25, 0.3) is 16.2 Å². The molecular weight excluding hydrogens is 378 g/mol. The number of aromatic nitrogens is 2. The van der Waals surface area contributed by atoms with Gasteiger partial charge in [-0.2, -0.15) is 0 Å². The molecule has 0 bridgehead atoms. The predicted molar refractivity (Wildman–Crippen MR) is 106 cm³/mol. The van der Waals surface area contributed by atoms with Crippen LogP contribution < -0.4 is 5.32 Å². The van der Waals surface area contributed by atoms with Crippen molar-refractivity contribution in [2.24, 2.45) is 0 Å². The van der Waals surface area contributed by atoms with E-state index in [1.165, 1.54) is 18.4 Å². The highest BCUT2D eigenvalue weighted by molar-refractivity contribution is 7.19. The number of rotatable bonds is 6. The Bertz CT molecular complexity index is 1030. The fourth-order valence-corrected chi connectivity index (χ4v) is 4.13. The van der Waals surface area contributed by atoms with Crippen molar-refractivity contribution >= 4 is 22.2 Å². The maximum Gasteiger partial charge on any atom is 0.263 e. The van der Waals surface area contributed by atoms with Gasteiger partial charge in [-0.1, -0.05) is 41.7 Å². The minimum atomic E-state index is -1.03. The molecule has 0 unspecified atom stereocenters. The van der Waals surface area contributed by atoms with Crippen molar-refractivity contribution in [3.8, 4) is 11.3 Å². The number of carbonyl (C=O) groups excluding carboxylic acids is 1. The lowest BCUT2D eigenvalue weighted by Crippen LogP contribution is -2.44. The molecule has 4 rings (SSSR count). The number of nitrogens with one attached hydrogen (secondary N) is 1. The van der Waals surface area contributed by atoms with Gasteiger partial charge < -0.3 is 19.5 Å². The number of amides is 1. The molecule has 28 heavy (non-hydrogen) atoms. The number of nitrogens with zero attached hydrogens (tertiary/aromatic N) is 2. The third-order valence-electron chi connectivity index (χ3n) is 4.73. The normalized spacial score (nSPS) is 21.5. The molecule has 2 atom stereocenters. The predicted octanol–water partition coefficient (Wildman–Crippen LogP) is 3.00. The van der Waals surface area contributed by atoms with E-state index in [0.29, 0.717) is 4.88 Å². The summed E-state index contributed by atoms with van der Waals surface area (Å²) in [5, 5.41) is 2.89. The highest BCUT2D eigenvalue weighted by atomic mass is 32.1. The highest BCUT2D eigenvalue weighted by Crippen LogP contribution is 2.28. The van der Waals surface area contributed by atoms with Crippen LogP contribution in [0, 0.1) is 6.92 Å². The van der Waals surface area contributed by atoms with E-state index in [1.54, 1.807) is 19.3 Å². The van der Waals surface area contributed by atoms with Crippen molar-refractivity contribution in [2.75, 3.05) is 20.8 Å². The number of methoxy groups -OCH3 is 2. The lowest BCUT2D eigenvalue weighted by atomic mass is 10.2. The monoisotopic (exact) mass is 399 g/mol. The number of ether oxygens (including phenoxy) is 3. The Morgan fingerprint density at radius 2 is 2.14 bits per heavy atom. The summed E-state index contributed by atoms with van der Waals surface area (Å²) in [7, 11) is 3.08. The zero-order chi connectivity index (χ0) is 19.7. The number of imidazole rings is 1. The molecule has 0 aliphatic carbocycles. The molecule has 0 spiro atoms. The molecule has 0 fully saturated rings. The van der Waals surface area contributed by atoms with Gasteiger partial charge in [-0.05, 0) is 19.1 Å². The van der Waals surface area contributed by atoms with E-state index in [2.05, 4.69) is 10.3 Å². The zero-order valence-corrected chi connectivity index (χ0v) is 16.7. The van der Waals surface area contributed by atoms with Crippen LogP contribution in [-0.2, 0) is 14.2 Å². The van der Waals surface area contributed by atoms with Crippen molar-refractivity contribution in [2.45, 2.75) is 19.0 Å². The van der Waals surface area contributed by atoms with Gasteiger partial charge in [-0.25, -0.2) is 4.98 Å². The van der Waals surface area contributed by atoms with Crippen LogP contribution in [0.1, 0.15) is 15.4 Å².